The van der Waals surface area contributed by atoms with Gasteiger partial charge in [-0.05, 0) is 71.2 Å². The molecule has 2 aromatic carbocycles. The Labute approximate surface area is 174 Å². The van der Waals surface area contributed by atoms with Crippen LogP contribution >= 0.6 is 0 Å². The fraction of sp³-hybridized carbons (Fsp3) is 0.296. The van der Waals surface area contributed by atoms with E-state index in [-0.39, 0.29) is 5.82 Å². The lowest BCUT2D eigenvalue weighted by atomic mass is 9.94. The van der Waals surface area contributed by atoms with Crippen molar-refractivity contribution in [1.29, 1.82) is 0 Å². The molecule has 1 aromatic heterocycles. The molecule has 1 unspecified atom stereocenters. The van der Waals surface area contributed by atoms with Crippen LogP contribution in [0.1, 0.15) is 61.8 Å². The maximum absolute atomic E-state index is 15.0. The molecule has 0 aliphatic rings. The number of hydrogen-bond acceptors (Lipinski definition) is 1. The van der Waals surface area contributed by atoms with Gasteiger partial charge in [-0.1, -0.05) is 70.2 Å². The van der Waals surface area contributed by atoms with Crippen molar-refractivity contribution in [3.8, 4) is 11.3 Å². The van der Waals surface area contributed by atoms with Crippen molar-refractivity contribution in [2.75, 3.05) is 0 Å². The number of benzene rings is 2. The number of nitrogens with zero attached hydrogens (tertiary/aromatic N) is 1. The second-order valence-electron chi connectivity index (χ2n) is 7.79. The lowest BCUT2D eigenvalue weighted by molar-refractivity contribution is 0.630. The summed E-state index contributed by atoms with van der Waals surface area (Å²) in [5, 5.41) is 0. The van der Waals surface area contributed by atoms with Gasteiger partial charge in [0.2, 0.25) is 0 Å². The van der Waals surface area contributed by atoms with E-state index in [2.05, 4.69) is 56.6 Å². The lowest BCUT2D eigenvalue weighted by Crippen LogP contribution is -1.97. The average Bonchev–Trinajstić information content (AvgIpc) is 2.74. The summed E-state index contributed by atoms with van der Waals surface area (Å²) in [5.74, 6) is 0.324. The second kappa shape index (κ2) is 9.65. The summed E-state index contributed by atoms with van der Waals surface area (Å²) < 4.78 is 15.0. The molecular weight excluding hydrogens is 357 g/mol. The molecule has 0 fully saturated rings. The first kappa shape index (κ1) is 21.0. The molecule has 3 rings (SSSR count). The summed E-state index contributed by atoms with van der Waals surface area (Å²) in [4.78, 5) is 4.44. The predicted octanol–water partition coefficient (Wildman–Crippen LogP) is 7.61. The SMILES string of the molecule is C=C(Cc1ccc(C(C)CC)cc1)c1ccc(-c2ncccc2CCC)c(F)c1. The summed E-state index contributed by atoms with van der Waals surface area (Å²) in [5.41, 5.74) is 6.69. The maximum Gasteiger partial charge on any atom is 0.133 e. The molecule has 0 amide bonds. The van der Waals surface area contributed by atoms with Gasteiger partial charge in [0, 0.05) is 11.8 Å². The Morgan fingerprint density at radius 2 is 1.83 bits per heavy atom. The number of allylic oxidation sites excluding steroid dienone is 1. The summed E-state index contributed by atoms with van der Waals surface area (Å²) >= 11 is 0. The van der Waals surface area contributed by atoms with Crippen molar-refractivity contribution in [3.05, 3.63) is 95.4 Å². The minimum absolute atomic E-state index is 0.244. The van der Waals surface area contributed by atoms with E-state index in [1.165, 1.54) is 11.1 Å². The Kier molecular flexibility index (Phi) is 6.98. The summed E-state index contributed by atoms with van der Waals surface area (Å²) in [6, 6.07) is 18.0. The van der Waals surface area contributed by atoms with Gasteiger partial charge >= 0.3 is 0 Å². The van der Waals surface area contributed by atoms with E-state index in [4.69, 9.17) is 0 Å². The second-order valence-corrected chi connectivity index (χ2v) is 7.79. The summed E-state index contributed by atoms with van der Waals surface area (Å²) in [6.45, 7) is 10.8. The van der Waals surface area contributed by atoms with Crippen LogP contribution in [-0.4, -0.2) is 4.98 Å². The van der Waals surface area contributed by atoms with Crippen LogP contribution < -0.4 is 0 Å². The third kappa shape index (κ3) is 5.00. The number of halogens is 1. The first-order valence-corrected chi connectivity index (χ1v) is 10.5. The summed E-state index contributed by atoms with van der Waals surface area (Å²) in [7, 11) is 0. The molecule has 0 saturated carbocycles. The first-order chi connectivity index (χ1) is 14.0. The topological polar surface area (TPSA) is 12.9 Å². The Bertz CT molecular complexity index is 972. The molecule has 0 radical (unpaired) electrons. The third-order valence-corrected chi connectivity index (χ3v) is 5.62. The highest BCUT2D eigenvalue weighted by molar-refractivity contribution is 5.71. The van der Waals surface area contributed by atoms with Crippen molar-refractivity contribution in [1.82, 2.24) is 4.98 Å². The minimum Gasteiger partial charge on any atom is -0.256 e. The van der Waals surface area contributed by atoms with E-state index < -0.39 is 0 Å². The quantitative estimate of drug-likeness (QED) is 0.387. The molecular formula is C27H30FN. The van der Waals surface area contributed by atoms with Gasteiger partial charge in [-0.15, -0.1) is 0 Å². The monoisotopic (exact) mass is 387 g/mol. The lowest BCUT2D eigenvalue weighted by Gasteiger charge is -2.12. The molecule has 3 aromatic rings. The fourth-order valence-corrected chi connectivity index (χ4v) is 3.63. The van der Waals surface area contributed by atoms with E-state index in [0.29, 0.717) is 17.9 Å². The van der Waals surface area contributed by atoms with Gasteiger partial charge in [0.15, 0.2) is 0 Å². The van der Waals surface area contributed by atoms with Gasteiger partial charge in [-0.3, -0.25) is 4.98 Å². The Balaban J connectivity index is 1.79. The van der Waals surface area contributed by atoms with E-state index >= 15 is 0 Å². The van der Waals surface area contributed by atoms with Gasteiger partial charge in [-0.2, -0.15) is 0 Å². The van der Waals surface area contributed by atoms with Gasteiger partial charge in [0.05, 0.1) is 5.69 Å². The van der Waals surface area contributed by atoms with Crippen LogP contribution in [0.3, 0.4) is 0 Å². The van der Waals surface area contributed by atoms with Crippen LogP contribution in [0.2, 0.25) is 0 Å². The van der Waals surface area contributed by atoms with Crippen LogP contribution in [-0.2, 0) is 12.8 Å². The highest BCUT2D eigenvalue weighted by atomic mass is 19.1. The van der Waals surface area contributed by atoms with E-state index in [9.17, 15) is 4.39 Å². The highest BCUT2D eigenvalue weighted by Gasteiger charge is 2.13. The maximum atomic E-state index is 15.0. The van der Waals surface area contributed by atoms with E-state index in [1.807, 2.05) is 24.3 Å². The molecule has 0 spiro atoms. The van der Waals surface area contributed by atoms with Gasteiger partial charge in [0.1, 0.15) is 5.82 Å². The summed E-state index contributed by atoms with van der Waals surface area (Å²) in [6.07, 6.45) is 5.47. The van der Waals surface area contributed by atoms with E-state index in [1.54, 1.807) is 12.3 Å². The molecule has 0 bridgehead atoms. The highest BCUT2D eigenvalue weighted by Crippen LogP contribution is 2.29. The molecule has 2 heteroatoms. The van der Waals surface area contributed by atoms with Gasteiger partial charge < -0.3 is 0 Å². The molecule has 1 nitrogen and oxygen atoms in total. The normalized spacial score (nSPS) is 12.0. The average molecular weight is 388 g/mol. The van der Waals surface area contributed by atoms with Crippen molar-refractivity contribution < 1.29 is 4.39 Å². The zero-order valence-electron chi connectivity index (χ0n) is 17.7. The molecule has 0 aliphatic heterocycles. The van der Waals surface area contributed by atoms with E-state index in [0.717, 1.165) is 41.7 Å². The molecule has 1 heterocycles. The Morgan fingerprint density at radius 3 is 2.48 bits per heavy atom. The van der Waals surface area contributed by atoms with Crippen LogP contribution in [0.4, 0.5) is 4.39 Å². The first-order valence-electron chi connectivity index (χ1n) is 10.5. The molecule has 0 saturated heterocycles. The molecule has 0 N–H and O–H groups in total. The third-order valence-electron chi connectivity index (χ3n) is 5.62. The van der Waals surface area contributed by atoms with Crippen molar-refractivity contribution >= 4 is 5.57 Å². The largest absolute Gasteiger partial charge is 0.256 e. The number of hydrogen-bond donors (Lipinski definition) is 0. The molecule has 29 heavy (non-hydrogen) atoms. The Morgan fingerprint density at radius 1 is 1.07 bits per heavy atom. The predicted molar refractivity (Wildman–Crippen MR) is 122 cm³/mol. The number of aromatic nitrogens is 1. The standard InChI is InChI=1S/C27H30FN/c1-5-8-23-9-7-16-29-27(23)25-15-14-24(18-26(25)28)20(4)17-21-10-12-22(13-11-21)19(3)6-2/h7,9-16,18-19H,4-6,8,17H2,1-3H3. The van der Waals surface area contributed by atoms with Crippen molar-refractivity contribution in [3.63, 3.8) is 0 Å². The molecule has 1 atom stereocenters. The molecule has 150 valence electrons. The smallest absolute Gasteiger partial charge is 0.133 e. The number of aryl methyl sites for hydroxylation is 1. The zero-order chi connectivity index (χ0) is 20.8. The van der Waals surface area contributed by atoms with Gasteiger partial charge in [0.25, 0.3) is 0 Å². The fourth-order valence-electron chi connectivity index (χ4n) is 3.63. The molecule has 0 aliphatic carbocycles. The number of pyridine rings is 1. The Hall–Kier alpha value is -2.74. The van der Waals surface area contributed by atoms with Crippen molar-refractivity contribution in [2.45, 2.75) is 52.4 Å². The number of rotatable bonds is 8. The van der Waals surface area contributed by atoms with Crippen LogP contribution in [0.25, 0.3) is 16.8 Å². The van der Waals surface area contributed by atoms with Crippen molar-refractivity contribution in [2.24, 2.45) is 0 Å². The zero-order valence-corrected chi connectivity index (χ0v) is 17.7. The van der Waals surface area contributed by atoms with Crippen LogP contribution in [0.15, 0.2) is 67.4 Å². The van der Waals surface area contributed by atoms with Gasteiger partial charge in [-0.25, -0.2) is 4.39 Å². The minimum atomic E-state index is -0.244. The van der Waals surface area contributed by atoms with Crippen LogP contribution in [0.5, 0.6) is 0 Å². The van der Waals surface area contributed by atoms with Crippen LogP contribution in [0, 0.1) is 5.82 Å².